The molecular formula is C23H17ClFNOS2. The number of para-hydroxylation sites is 1. The van der Waals surface area contributed by atoms with Crippen LogP contribution >= 0.6 is 34.7 Å². The molecule has 4 aromatic rings. The largest absolute Gasteiger partial charge is 0.320 e. The lowest BCUT2D eigenvalue weighted by atomic mass is 10.2. The third-order valence-electron chi connectivity index (χ3n) is 4.43. The smallest absolute Gasteiger partial charge is 0.267 e. The third kappa shape index (κ3) is 4.47. The van der Waals surface area contributed by atoms with Crippen LogP contribution in [0.25, 0.3) is 10.1 Å². The number of aryl methyl sites for hydroxylation is 1. The Morgan fingerprint density at radius 3 is 2.66 bits per heavy atom. The molecule has 0 atom stereocenters. The summed E-state index contributed by atoms with van der Waals surface area (Å²) in [6.45, 7) is 2.02. The Balaban J connectivity index is 1.54. The number of thioether (sulfide) groups is 1. The van der Waals surface area contributed by atoms with E-state index in [2.05, 4.69) is 5.32 Å². The molecule has 1 N–H and O–H groups in total. The van der Waals surface area contributed by atoms with Crippen LogP contribution in [0.1, 0.15) is 20.8 Å². The number of halogens is 2. The number of fused-ring (bicyclic) bond motifs is 1. The average Bonchev–Trinajstić information content (AvgIpc) is 3.04. The lowest BCUT2D eigenvalue weighted by Crippen LogP contribution is -2.11. The molecule has 0 saturated heterocycles. The highest BCUT2D eigenvalue weighted by Crippen LogP contribution is 2.37. The fraction of sp³-hybridized carbons (Fsp3) is 0.0870. The molecule has 0 spiro atoms. The first-order chi connectivity index (χ1) is 14.0. The predicted octanol–water partition coefficient (Wildman–Crippen LogP) is 7.55. The summed E-state index contributed by atoms with van der Waals surface area (Å²) >= 11 is 9.46. The van der Waals surface area contributed by atoms with E-state index in [1.165, 1.54) is 23.5 Å². The van der Waals surface area contributed by atoms with Gasteiger partial charge in [0.05, 0.1) is 10.7 Å². The second-order valence-electron chi connectivity index (χ2n) is 6.61. The highest BCUT2D eigenvalue weighted by molar-refractivity contribution is 7.98. The van der Waals surface area contributed by atoms with Crippen LogP contribution < -0.4 is 5.32 Å². The zero-order valence-electron chi connectivity index (χ0n) is 15.5. The number of hydrogen-bond donors (Lipinski definition) is 1. The number of rotatable bonds is 5. The lowest BCUT2D eigenvalue weighted by molar-refractivity contribution is 0.103. The van der Waals surface area contributed by atoms with Gasteiger partial charge in [-0.2, -0.15) is 0 Å². The molecule has 0 unspecified atom stereocenters. The maximum Gasteiger partial charge on any atom is 0.267 e. The van der Waals surface area contributed by atoms with Crippen LogP contribution in [0.2, 0.25) is 5.02 Å². The minimum Gasteiger partial charge on any atom is -0.320 e. The molecule has 0 fully saturated rings. The molecule has 1 heterocycles. The van der Waals surface area contributed by atoms with E-state index in [0.717, 1.165) is 31.8 Å². The first-order valence-corrected chi connectivity index (χ1v) is 11.2. The zero-order chi connectivity index (χ0) is 20.4. The SMILES string of the molecule is Cc1ccc2c(Cl)c(C(=O)Nc3ccccc3SCc3ccc(F)cc3)sc2c1. The number of thiophene rings is 1. The lowest BCUT2D eigenvalue weighted by Gasteiger charge is -2.10. The van der Waals surface area contributed by atoms with Crippen LogP contribution in [0, 0.1) is 12.7 Å². The van der Waals surface area contributed by atoms with Gasteiger partial charge in [0, 0.05) is 20.7 Å². The summed E-state index contributed by atoms with van der Waals surface area (Å²) in [6.07, 6.45) is 0. The summed E-state index contributed by atoms with van der Waals surface area (Å²) in [5, 5.41) is 4.37. The molecule has 0 aliphatic carbocycles. The molecule has 6 heteroatoms. The Morgan fingerprint density at radius 2 is 1.86 bits per heavy atom. The summed E-state index contributed by atoms with van der Waals surface area (Å²) in [4.78, 5) is 14.4. The normalized spacial score (nSPS) is 11.0. The number of carbonyl (C=O) groups is 1. The van der Waals surface area contributed by atoms with Gasteiger partial charge in [-0.1, -0.05) is 48.0 Å². The van der Waals surface area contributed by atoms with Crippen LogP contribution in [0.5, 0.6) is 0 Å². The number of carbonyl (C=O) groups excluding carboxylic acids is 1. The quantitative estimate of drug-likeness (QED) is 0.324. The van der Waals surface area contributed by atoms with Crippen molar-refractivity contribution in [3.8, 4) is 0 Å². The van der Waals surface area contributed by atoms with E-state index < -0.39 is 0 Å². The van der Waals surface area contributed by atoms with Crippen molar-refractivity contribution in [2.45, 2.75) is 17.6 Å². The van der Waals surface area contributed by atoms with Crippen LogP contribution in [0.3, 0.4) is 0 Å². The predicted molar refractivity (Wildman–Crippen MR) is 122 cm³/mol. The van der Waals surface area contributed by atoms with Crippen molar-refractivity contribution < 1.29 is 9.18 Å². The highest BCUT2D eigenvalue weighted by atomic mass is 35.5. The summed E-state index contributed by atoms with van der Waals surface area (Å²) < 4.78 is 14.1. The molecule has 1 amide bonds. The molecule has 4 rings (SSSR count). The molecule has 2 nitrogen and oxygen atoms in total. The molecule has 29 heavy (non-hydrogen) atoms. The van der Waals surface area contributed by atoms with E-state index in [1.54, 1.807) is 23.9 Å². The maximum absolute atomic E-state index is 13.1. The topological polar surface area (TPSA) is 29.1 Å². The number of hydrogen-bond acceptors (Lipinski definition) is 3. The van der Waals surface area contributed by atoms with Crippen molar-refractivity contribution in [2.75, 3.05) is 5.32 Å². The van der Waals surface area contributed by atoms with E-state index in [-0.39, 0.29) is 11.7 Å². The monoisotopic (exact) mass is 441 g/mol. The molecule has 0 aliphatic heterocycles. The Morgan fingerprint density at radius 1 is 1.10 bits per heavy atom. The van der Waals surface area contributed by atoms with Gasteiger partial charge in [0.2, 0.25) is 0 Å². The van der Waals surface area contributed by atoms with Crippen LogP contribution in [-0.2, 0) is 5.75 Å². The first kappa shape index (κ1) is 20.0. The van der Waals surface area contributed by atoms with Crippen LogP contribution in [0.15, 0.2) is 71.6 Å². The Kier molecular flexibility index (Phi) is 5.90. The van der Waals surface area contributed by atoms with E-state index in [4.69, 9.17) is 11.6 Å². The molecule has 0 bridgehead atoms. The highest BCUT2D eigenvalue weighted by Gasteiger charge is 2.18. The van der Waals surface area contributed by atoms with Gasteiger partial charge in [-0.05, 0) is 48.4 Å². The molecule has 0 aliphatic rings. The van der Waals surface area contributed by atoms with Crippen molar-refractivity contribution in [3.05, 3.63) is 93.6 Å². The van der Waals surface area contributed by atoms with Gasteiger partial charge in [-0.25, -0.2) is 4.39 Å². The molecule has 0 radical (unpaired) electrons. The molecular weight excluding hydrogens is 425 g/mol. The second kappa shape index (κ2) is 8.57. The van der Waals surface area contributed by atoms with Gasteiger partial charge in [-0.3, -0.25) is 4.79 Å². The van der Waals surface area contributed by atoms with Crippen molar-refractivity contribution in [1.29, 1.82) is 0 Å². The minimum absolute atomic E-state index is 0.219. The standard InChI is InChI=1S/C23H17ClFNOS2/c1-14-6-11-17-20(12-14)29-22(21(17)24)23(27)26-18-4-2-3-5-19(18)28-13-15-7-9-16(25)10-8-15/h2-12H,13H2,1H3,(H,26,27). The second-order valence-corrected chi connectivity index (χ2v) is 9.06. The Hall–Kier alpha value is -2.34. The number of anilines is 1. The van der Waals surface area contributed by atoms with Crippen molar-refractivity contribution >= 4 is 56.4 Å². The molecule has 1 aromatic heterocycles. The van der Waals surface area contributed by atoms with Crippen molar-refractivity contribution in [1.82, 2.24) is 0 Å². The zero-order valence-corrected chi connectivity index (χ0v) is 17.9. The molecule has 3 aromatic carbocycles. The maximum atomic E-state index is 13.1. The Labute approximate surface area is 181 Å². The third-order valence-corrected chi connectivity index (χ3v) is 7.23. The van der Waals surface area contributed by atoms with Gasteiger partial charge in [-0.15, -0.1) is 23.1 Å². The molecule has 146 valence electrons. The Bertz CT molecular complexity index is 1190. The fourth-order valence-corrected chi connectivity index (χ4v) is 5.41. The van der Waals surface area contributed by atoms with E-state index in [1.807, 2.05) is 49.4 Å². The molecule has 0 saturated carbocycles. The van der Waals surface area contributed by atoms with E-state index >= 15 is 0 Å². The summed E-state index contributed by atoms with van der Waals surface area (Å²) in [5.74, 6) is 0.210. The van der Waals surface area contributed by atoms with Crippen molar-refractivity contribution in [3.63, 3.8) is 0 Å². The van der Waals surface area contributed by atoms with E-state index in [0.29, 0.717) is 15.7 Å². The number of nitrogens with one attached hydrogen (secondary N) is 1. The summed E-state index contributed by atoms with van der Waals surface area (Å²) in [5.41, 5.74) is 2.87. The fourth-order valence-electron chi connectivity index (χ4n) is 2.93. The first-order valence-electron chi connectivity index (χ1n) is 8.97. The van der Waals surface area contributed by atoms with Gasteiger partial charge < -0.3 is 5.32 Å². The number of benzene rings is 3. The van der Waals surface area contributed by atoms with Gasteiger partial charge >= 0.3 is 0 Å². The van der Waals surface area contributed by atoms with Gasteiger partial charge in [0.15, 0.2) is 0 Å². The van der Waals surface area contributed by atoms with E-state index in [9.17, 15) is 9.18 Å². The summed E-state index contributed by atoms with van der Waals surface area (Å²) in [7, 11) is 0. The van der Waals surface area contributed by atoms with Crippen molar-refractivity contribution in [2.24, 2.45) is 0 Å². The summed E-state index contributed by atoms with van der Waals surface area (Å²) in [6, 6.07) is 20.1. The van der Waals surface area contributed by atoms with Crippen LogP contribution in [0.4, 0.5) is 10.1 Å². The number of amides is 1. The van der Waals surface area contributed by atoms with Gasteiger partial charge in [0.1, 0.15) is 10.7 Å². The minimum atomic E-state index is -0.248. The van der Waals surface area contributed by atoms with Crippen LogP contribution in [-0.4, -0.2) is 5.91 Å². The van der Waals surface area contributed by atoms with Gasteiger partial charge in [0.25, 0.3) is 5.91 Å². The average molecular weight is 442 g/mol.